The molecule has 0 aliphatic carbocycles. The molecule has 7 nitrogen and oxygen atoms in total. The maximum absolute atomic E-state index is 11.8. The summed E-state index contributed by atoms with van der Waals surface area (Å²) in [6, 6.07) is 1.78. The number of anilines is 2. The number of hydrogen-bond acceptors (Lipinski definition) is 5. The first-order valence-corrected chi connectivity index (χ1v) is 6.51. The van der Waals surface area contributed by atoms with Crippen LogP contribution in [0.2, 0.25) is 0 Å². The van der Waals surface area contributed by atoms with Gasteiger partial charge in [0.1, 0.15) is 11.5 Å². The average molecular weight is 278 g/mol. The van der Waals surface area contributed by atoms with Crippen LogP contribution in [0.25, 0.3) is 0 Å². The molecule has 2 aromatic rings. The van der Waals surface area contributed by atoms with E-state index in [9.17, 15) is 9.59 Å². The zero-order valence-electron chi connectivity index (χ0n) is 11.3. The lowest BCUT2D eigenvalue weighted by atomic mass is 10.3. The van der Waals surface area contributed by atoms with Gasteiger partial charge >= 0.3 is 5.69 Å². The van der Waals surface area contributed by atoms with Crippen molar-refractivity contribution >= 4 is 11.5 Å². The number of nitrogen functional groups attached to an aromatic ring is 1. The van der Waals surface area contributed by atoms with Crippen LogP contribution in [0.3, 0.4) is 0 Å². The summed E-state index contributed by atoms with van der Waals surface area (Å²) in [5, 5.41) is 2.94. The second kappa shape index (κ2) is 6.14. The standard InChI is InChI=1S/C13H18N4O3/c1-2-3-5-17-11(14)10(12(18)16-13(17)19)15-7-9-4-6-20-8-9/h4,6,8,15H,2-3,5,7,14H2,1H3,(H,16,18,19). The number of rotatable bonds is 6. The van der Waals surface area contributed by atoms with E-state index in [0.717, 1.165) is 18.4 Å². The molecule has 0 aliphatic heterocycles. The highest BCUT2D eigenvalue weighted by atomic mass is 16.3. The third-order valence-electron chi connectivity index (χ3n) is 3.02. The van der Waals surface area contributed by atoms with Gasteiger partial charge in [-0.2, -0.15) is 0 Å². The molecule has 20 heavy (non-hydrogen) atoms. The van der Waals surface area contributed by atoms with Crippen molar-refractivity contribution in [3.8, 4) is 0 Å². The Balaban J connectivity index is 2.27. The highest BCUT2D eigenvalue weighted by molar-refractivity contribution is 5.60. The van der Waals surface area contributed by atoms with Crippen LogP contribution in [-0.4, -0.2) is 9.55 Å². The van der Waals surface area contributed by atoms with Crippen LogP contribution < -0.4 is 22.3 Å². The number of nitrogens with one attached hydrogen (secondary N) is 2. The Labute approximate surface area is 115 Å². The molecule has 2 aromatic heterocycles. The molecule has 0 fully saturated rings. The summed E-state index contributed by atoms with van der Waals surface area (Å²) in [6.45, 7) is 2.90. The molecular weight excluding hydrogens is 260 g/mol. The lowest BCUT2D eigenvalue weighted by Crippen LogP contribution is -2.34. The van der Waals surface area contributed by atoms with E-state index in [-0.39, 0.29) is 11.5 Å². The molecule has 0 unspecified atom stereocenters. The first-order chi connectivity index (χ1) is 9.63. The van der Waals surface area contributed by atoms with Gasteiger partial charge in [0.2, 0.25) is 0 Å². The molecule has 0 amide bonds. The van der Waals surface area contributed by atoms with Crippen molar-refractivity contribution in [2.75, 3.05) is 11.1 Å². The number of unbranched alkanes of at least 4 members (excludes halogenated alkanes) is 1. The zero-order chi connectivity index (χ0) is 14.5. The molecule has 0 atom stereocenters. The second-order valence-electron chi connectivity index (χ2n) is 4.51. The van der Waals surface area contributed by atoms with Crippen molar-refractivity contribution < 1.29 is 4.42 Å². The molecule has 2 rings (SSSR count). The summed E-state index contributed by atoms with van der Waals surface area (Å²) < 4.78 is 6.32. The topological polar surface area (TPSA) is 106 Å². The molecule has 2 heterocycles. The first kappa shape index (κ1) is 14.0. The van der Waals surface area contributed by atoms with Gasteiger partial charge in [-0.05, 0) is 12.5 Å². The molecule has 4 N–H and O–H groups in total. The van der Waals surface area contributed by atoms with Crippen LogP contribution in [0.1, 0.15) is 25.3 Å². The van der Waals surface area contributed by atoms with Gasteiger partial charge in [0.15, 0.2) is 0 Å². The molecule has 0 radical (unpaired) electrons. The monoisotopic (exact) mass is 278 g/mol. The Bertz CT molecular complexity index is 670. The van der Waals surface area contributed by atoms with E-state index in [4.69, 9.17) is 10.2 Å². The summed E-state index contributed by atoms with van der Waals surface area (Å²) in [5.41, 5.74) is 6.03. The summed E-state index contributed by atoms with van der Waals surface area (Å²) in [7, 11) is 0. The summed E-state index contributed by atoms with van der Waals surface area (Å²) in [6.07, 6.45) is 4.87. The minimum Gasteiger partial charge on any atom is -0.472 e. The summed E-state index contributed by atoms with van der Waals surface area (Å²) >= 11 is 0. The second-order valence-corrected chi connectivity index (χ2v) is 4.51. The number of furan rings is 1. The van der Waals surface area contributed by atoms with Crippen LogP contribution >= 0.6 is 0 Å². The lowest BCUT2D eigenvalue weighted by Gasteiger charge is -2.13. The molecule has 0 saturated heterocycles. The largest absolute Gasteiger partial charge is 0.472 e. The van der Waals surface area contributed by atoms with Gasteiger partial charge in [-0.3, -0.25) is 14.3 Å². The van der Waals surface area contributed by atoms with Crippen LogP contribution in [0.15, 0.2) is 32.6 Å². The van der Waals surface area contributed by atoms with Crippen LogP contribution in [0.5, 0.6) is 0 Å². The number of hydrogen-bond donors (Lipinski definition) is 3. The van der Waals surface area contributed by atoms with Crippen molar-refractivity contribution in [1.82, 2.24) is 9.55 Å². The van der Waals surface area contributed by atoms with Crippen molar-refractivity contribution in [2.24, 2.45) is 0 Å². The molecule has 0 spiro atoms. The predicted molar refractivity (Wildman–Crippen MR) is 76.7 cm³/mol. The fraction of sp³-hybridized carbons (Fsp3) is 0.385. The predicted octanol–water partition coefficient (Wildman–Crippen LogP) is 1.12. The SMILES string of the molecule is CCCCn1c(N)c(NCc2ccoc2)c(=O)[nH]c1=O. The average Bonchev–Trinajstić information content (AvgIpc) is 2.91. The summed E-state index contributed by atoms with van der Waals surface area (Å²) in [5.74, 6) is 0.163. The van der Waals surface area contributed by atoms with Crippen LogP contribution in [0.4, 0.5) is 11.5 Å². The van der Waals surface area contributed by atoms with Gasteiger partial charge in [-0.25, -0.2) is 4.79 Å². The van der Waals surface area contributed by atoms with Gasteiger partial charge in [-0.1, -0.05) is 13.3 Å². The Kier molecular flexibility index (Phi) is 4.29. The minimum atomic E-state index is -0.510. The third kappa shape index (κ3) is 2.93. The molecule has 0 aliphatic rings. The van der Waals surface area contributed by atoms with E-state index < -0.39 is 11.2 Å². The van der Waals surface area contributed by atoms with Crippen molar-refractivity contribution in [1.29, 1.82) is 0 Å². The Morgan fingerprint density at radius 2 is 2.25 bits per heavy atom. The van der Waals surface area contributed by atoms with E-state index >= 15 is 0 Å². The van der Waals surface area contributed by atoms with Crippen LogP contribution in [-0.2, 0) is 13.1 Å². The van der Waals surface area contributed by atoms with Gasteiger partial charge in [0, 0.05) is 18.7 Å². The Morgan fingerprint density at radius 3 is 2.90 bits per heavy atom. The van der Waals surface area contributed by atoms with E-state index in [0.29, 0.717) is 13.1 Å². The molecule has 0 saturated carbocycles. The minimum absolute atomic E-state index is 0.163. The summed E-state index contributed by atoms with van der Waals surface area (Å²) in [4.78, 5) is 25.8. The van der Waals surface area contributed by atoms with Gasteiger partial charge in [-0.15, -0.1) is 0 Å². The molecule has 0 aromatic carbocycles. The smallest absolute Gasteiger partial charge is 0.330 e. The van der Waals surface area contributed by atoms with E-state index in [1.807, 2.05) is 6.92 Å². The normalized spacial score (nSPS) is 10.7. The molecule has 108 valence electrons. The molecule has 7 heteroatoms. The zero-order valence-corrected chi connectivity index (χ0v) is 11.3. The van der Waals surface area contributed by atoms with Gasteiger partial charge in [0.05, 0.1) is 12.5 Å². The number of aromatic nitrogens is 2. The number of nitrogens with zero attached hydrogens (tertiary/aromatic N) is 1. The van der Waals surface area contributed by atoms with E-state index in [1.165, 1.54) is 4.57 Å². The number of nitrogens with two attached hydrogens (primary N) is 1. The van der Waals surface area contributed by atoms with Crippen LogP contribution in [0, 0.1) is 0 Å². The highest BCUT2D eigenvalue weighted by Gasteiger charge is 2.11. The Hall–Kier alpha value is -2.44. The maximum atomic E-state index is 11.8. The third-order valence-corrected chi connectivity index (χ3v) is 3.02. The van der Waals surface area contributed by atoms with Gasteiger partial charge < -0.3 is 15.5 Å². The number of aromatic amines is 1. The Morgan fingerprint density at radius 1 is 1.45 bits per heavy atom. The fourth-order valence-electron chi connectivity index (χ4n) is 1.88. The molecular formula is C13H18N4O3. The van der Waals surface area contributed by atoms with E-state index in [1.54, 1.807) is 18.6 Å². The van der Waals surface area contributed by atoms with Crippen molar-refractivity contribution in [2.45, 2.75) is 32.9 Å². The fourth-order valence-corrected chi connectivity index (χ4v) is 1.88. The quantitative estimate of drug-likeness (QED) is 0.734. The maximum Gasteiger partial charge on any atom is 0.330 e. The van der Waals surface area contributed by atoms with Crippen molar-refractivity contribution in [3.05, 3.63) is 45.0 Å². The highest BCUT2D eigenvalue weighted by Crippen LogP contribution is 2.12. The van der Waals surface area contributed by atoms with E-state index in [2.05, 4.69) is 10.3 Å². The van der Waals surface area contributed by atoms with Gasteiger partial charge in [0.25, 0.3) is 5.56 Å². The number of H-pyrrole nitrogens is 1. The van der Waals surface area contributed by atoms with Crippen molar-refractivity contribution in [3.63, 3.8) is 0 Å². The lowest BCUT2D eigenvalue weighted by molar-refractivity contribution is 0.564. The first-order valence-electron chi connectivity index (χ1n) is 6.51. The molecule has 0 bridgehead atoms.